The SMILES string of the molecule is NNC(c1cccc(F)c1Cl)c1c(F)cccc1F. The van der Waals surface area contributed by atoms with E-state index in [1.54, 1.807) is 0 Å². The van der Waals surface area contributed by atoms with Crippen LogP contribution in [0.1, 0.15) is 17.2 Å². The highest BCUT2D eigenvalue weighted by Crippen LogP contribution is 2.32. The van der Waals surface area contributed by atoms with Gasteiger partial charge in [-0.2, -0.15) is 0 Å². The van der Waals surface area contributed by atoms with Gasteiger partial charge in [-0.1, -0.05) is 29.8 Å². The number of rotatable bonds is 3. The van der Waals surface area contributed by atoms with Gasteiger partial charge in [0.25, 0.3) is 0 Å². The molecule has 1 atom stereocenters. The second-order valence-electron chi connectivity index (χ2n) is 3.88. The lowest BCUT2D eigenvalue weighted by Crippen LogP contribution is -2.30. The van der Waals surface area contributed by atoms with E-state index in [1.165, 1.54) is 18.2 Å². The molecule has 0 bridgehead atoms. The second kappa shape index (κ2) is 5.61. The number of benzene rings is 2. The third-order valence-electron chi connectivity index (χ3n) is 2.75. The molecular weight excluding hydrogens is 277 g/mol. The molecule has 0 heterocycles. The van der Waals surface area contributed by atoms with E-state index in [4.69, 9.17) is 17.4 Å². The Morgan fingerprint density at radius 1 is 0.947 bits per heavy atom. The number of nitrogens with two attached hydrogens (primary N) is 1. The number of hydrogen-bond acceptors (Lipinski definition) is 2. The van der Waals surface area contributed by atoms with Crippen LogP contribution >= 0.6 is 11.6 Å². The van der Waals surface area contributed by atoms with Crippen LogP contribution in [0, 0.1) is 17.5 Å². The van der Waals surface area contributed by atoms with E-state index in [9.17, 15) is 13.2 Å². The van der Waals surface area contributed by atoms with Gasteiger partial charge in [-0.25, -0.2) is 18.6 Å². The number of nitrogens with one attached hydrogen (secondary N) is 1. The van der Waals surface area contributed by atoms with Gasteiger partial charge in [-0.05, 0) is 23.8 Å². The largest absolute Gasteiger partial charge is 0.271 e. The van der Waals surface area contributed by atoms with E-state index >= 15 is 0 Å². The van der Waals surface area contributed by atoms with Crippen molar-refractivity contribution in [3.63, 3.8) is 0 Å². The lowest BCUT2D eigenvalue weighted by Gasteiger charge is -2.19. The maximum Gasteiger partial charge on any atom is 0.142 e. The smallest absolute Gasteiger partial charge is 0.142 e. The molecule has 0 saturated heterocycles. The van der Waals surface area contributed by atoms with E-state index in [-0.39, 0.29) is 16.1 Å². The summed E-state index contributed by atoms with van der Waals surface area (Å²) < 4.78 is 40.9. The zero-order chi connectivity index (χ0) is 14.0. The summed E-state index contributed by atoms with van der Waals surface area (Å²) in [6.45, 7) is 0. The van der Waals surface area contributed by atoms with E-state index in [1.807, 2.05) is 0 Å². The minimum atomic E-state index is -1.08. The molecule has 6 heteroatoms. The molecule has 0 spiro atoms. The topological polar surface area (TPSA) is 38.0 Å². The third kappa shape index (κ3) is 2.58. The van der Waals surface area contributed by atoms with Crippen molar-refractivity contribution in [2.45, 2.75) is 6.04 Å². The zero-order valence-electron chi connectivity index (χ0n) is 9.63. The highest BCUT2D eigenvalue weighted by atomic mass is 35.5. The van der Waals surface area contributed by atoms with Crippen molar-refractivity contribution >= 4 is 11.6 Å². The van der Waals surface area contributed by atoms with Gasteiger partial charge in [0.1, 0.15) is 17.5 Å². The van der Waals surface area contributed by atoms with Crippen LogP contribution in [0.3, 0.4) is 0 Å². The predicted octanol–water partition coefficient (Wildman–Crippen LogP) is 3.31. The van der Waals surface area contributed by atoms with Crippen LogP contribution in [0.5, 0.6) is 0 Å². The Hall–Kier alpha value is -1.56. The van der Waals surface area contributed by atoms with E-state index in [0.717, 1.165) is 18.2 Å². The molecule has 100 valence electrons. The van der Waals surface area contributed by atoms with E-state index < -0.39 is 23.5 Å². The van der Waals surface area contributed by atoms with Gasteiger partial charge in [0.15, 0.2) is 0 Å². The van der Waals surface area contributed by atoms with Crippen LogP contribution in [0.15, 0.2) is 36.4 Å². The number of hydrazine groups is 1. The maximum atomic E-state index is 13.7. The first-order valence-corrected chi connectivity index (χ1v) is 5.78. The maximum absolute atomic E-state index is 13.7. The van der Waals surface area contributed by atoms with Gasteiger partial charge in [0, 0.05) is 5.56 Å². The fourth-order valence-electron chi connectivity index (χ4n) is 1.86. The van der Waals surface area contributed by atoms with Crippen LogP contribution in [-0.2, 0) is 0 Å². The summed E-state index contributed by atoms with van der Waals surface area (Å²) in [7, 11) is 0. The molecule has 2 rings (SSSR count). The fourth-order valence-corrected chi connectivity index (χ4v) is 2.09. The molecule has 0 aliphatic rings. The van der Waals surface area contributed by atoms with E-state index in [2.05, 4.69) is 5.43 Å². The highest BCUT2D eigenvalue weighted by Gasteiger charge is 2.23. The Bertz CT molecular complexity index is 584. The standard InChI is InChI=1S/C13H10ClF3N2/c14-12-7(3-1-6-10(12)17)13(19-18)11-8(15)4-2-5-9(11)16/h1-6,13,19H,18H2. The minimum Gasteiger partial charge on any atom is -0.271 e. The quantitative estimate of drug-likeness (QED) is 0.671. The summed E-state index contributed by atoms with van der Waals surface area (Å²) in [5.41, 5.74) is 2.11. The van der Waals surface area contributed by atoms with E-state index in [0.29, 0.717) is 0 Å². The Labute approximate surface area is 113 Å². The molecule has 19 heavy (non-hydrogen) atoms. The van der Waals surface area contributed by atoms with Gasteiger partial charge in [0.2, 0.25) is 0 Å². The molecule has 0 fully saturated rings. The zero-order valence-corrected chi connectivity index (χ0v) is 10.4. The van der Waals surface area contributed by atoms with Crippen molar-refractivity contribution in [1.29, 1.82) is 0 Å². The molecule has 1 unspecified atom stereocenters. The first kappa shape index (κ1) is 13.9. The molecule has 0 radical (unpaired) electrons. The van der Waals surface area contributed by atoms with Crippen molar-refractivity contribution in [3.05, 3.63) is 70.0 Å². The summed E-state index contributed by atoms with van der Waals surface area (Å²) >= 11 is 5.81. The monoisotopic (exact) mass is 286 g/mol. The lowest BCUT2D eigenvalue weighted by molar-refractivity contribution is 0.508. The molecular formula is C13H10ClF3N2. The van der Waals surface area contributed by atoms with Crippen molar-refractivity contribution in [2.24, 2.45) is 5.84 Å². The summed E-state index contributed by atoms with van der Waals surface area (Å²) in [6, 6.07) is 6.32. The molecule has 0 saturated carbocycles. The first-order chi connectivity index (χ1) is 9.06. The summed E-state index contributed by atoms with van der Waals surface area (Å²) in [5, 5.41) is -0.229. The minimum absolute atomic E-state index is 0.160. The van der Waals surface area contributed by atoms with Gasteiger partial charge in [-0.3, -0.25) is 5.84 Å². The van der Waals surface area contributed by atoms with Gasteiger partial charge in [-0.15, -0.1) is 0 Å². The molecule has 2 aromatic rings. The molecule has 0 aliphatic heterocycles. The second-order valence-corrected chi connectivity index (χ2v) is 4.26. The average molecular weight is 287 g/mol. The molecule has 2 nitrogen and oxygen atoms in total. The Morgan fingerprint density at radius 3 is 2.05 bits per heavy atom. The number of hydrogen-bond donors (Lipinski definition) is 2. The van der Waals surface area contributed by atoms with Crippen molar-refractivity contribution in [3.8, 4) is 0 Å². The predicted molar refractivity (Wildman–Crippen MR) is 66.9 cm³/mol. The van der Waals surface area contributed by atoms with Crippen molar-refractivity contribution < 1.29 is 13.2 Å². The number of halogens is 4. The summed E-state index contributed by atoms with van der Waals surface area (Å²) in [4.78, 5) is 0. The van der Waals surface area contributed by atoms with Crippen LogP contribution in [0.25, 0.3) is 0 Å². The van der Waals surface area contributed by atoms with Gasteiger partial charge >= 0.3 is 0 Å². The van der Waals surface area contributed by atoms with Gasteiger partial charge in [0.05, 0.1) is 11.1 Å². The summed E-state index contributed by atoms with van der Waals surface area (Å²) in [5.74, 6) is 3.07. The van der Waals surface area contributed by atoms with Gasteiger partial charge < -0.3 is 0 Å². The Balaban J connectivity index is 2.60. The molecule has 0 amide bonds. The van der Waals surface area contributed by atoms with Crippen LogP contribution in [-0.4, -0.2) is 0 Å². The van der Waals surface area contributed by atoms with Crippen LogP contribution in [0.4, 0.5) is 13.2 Å². The third-order valence-corrected chi connectivity index (χ3v) is 3.15. The molecule has 3 N–H and O–H groups in total. The highest BCUT2D eigenvalue weighted by molar-refractivity contribution is 6.31. The molecule has 0 aliphatic carbocycles. The normalized spacial score (nSPS) is 12.5. The van der Waals surface area contributed by atoms with Crippen molar-refractivity contribution in [2.75, 3.05) is 0 Å². The fraction of sp³-hybridized carbons (Fsp3) is 0.0769. The average Bonchev–Trinajstić information content (AvgIpc) is 2.38. The molecule has 2 aromatic carbocycles. The Kier molecular flexibility index (Phi) is 4.09. The Morgan fingerprint density at radius 2 is 1.47 bits per heavy atom. The van der Waals surface area contributed by atoms with Crippen LogP contribution < -0.4 is 11.3 Å². The summed E-state index contributed by atoms with van der Waals surface area (Å²) in [6.07, 6.45) is 0. The van der Waals surface area contributed by atoms with Crippen molar-refractivity contribution in [1.82, 2.24) is 5.43 Å². The first-order valence-electron chi connectivity index (χ1n) is 5.40. The molecule has 0 aromatic heterocycles. The van der Waals surface area contributed by atoms with Crippen LogP contribution in [0.2, 0.25) is 5.02 Å². The lowest BCUT2D eigenvalue weighted by atomic mass is 9.98.